The molecule has 1 aliphatic rings. The highest BCUT2D eigenvalue weighted by atomic mass is 16.6. The molecule has 1 fully saturated rings. The summed E-state index contributed by atoms with van der Waals surface area (Å²) in [5.74, 6) is 0.663. The molecule has 1 amide bonds. The number of carbonyl (C=O) groups is 1. The first-order valence-electron chi connectivity index (χ1n) is 12.2. The number of amides is 1. The van der Waals surface area contributed by atoms with Crippen molar-refractivity contribution < 1.29 is 9.53 Å². The smallest absolute Gasteiger partial charge is 0.410 e. The second-order valence-electron chi connectivity index (χ2n) is 10.2. The van der Waals surface area contributed by atoms with Crippen LogP contribution >= 0.6 is 0 Å². The lowest BCUT2D eigenvalue weighted by atomic mass is 10.1. The van der Waals surface area contributed by atoms with Gasteiger partial charge in [0.1, 0.15) is 5.60 Å². The van der Waals surface area contributed by atoms with Gasteiger partial charge in [0.25, 0.3) is 0 Å². The average Bonchev–Trinajstić information content (AvgIpc) is 3.60. The van der Waals surface area contributed by atoms with Crippen LogP contribution in [0.4, 0.5) is 4.79 Å². The molecule has 1 aliphatic heterocycles. The van der Waals surface area contributed by atoms with Gasteiger partial charge in [-0.3, -0.25) is 9.36 Å². The molecule has 0 N–H and O–H groups in total. The molecule has 0 saturated carbocycles. The molecule has 1 aromatic carbocycles. The molecule has 4 aromatic rings. The molecule has 9 nitrogen and oxygen atoms in total. The fourth-order valence-corrected chi connectivity index (χ4v) is 4.45. The summed E-state index contributed by atoms with van der Waals surface area (Å²) in [6, 6.07) is 8.20. The van der Waals surface area contributed by atoms with Crippen LogP contribution in [0.3, 0.4) is 0 Å². The Balaban J connectivity index is 1.27. The van der Waals surface area contributed by atoms with Gasteiger partial charge in [-0.15, -0.1) is 0 Å². The van der Waals surface area contributed by atoms with Crippen LogP contribution in [0.1, 0.15) is 33.6 Å². The van der Waals surface area contributed by atoms with Crippen LogP contribution in [0.2, 0.25) is 0 Å². The maximum absolute atomic E-state index is 12.6. The monoisotopic (exact) mass is 485 g/mol. The number of benzene rings is 1. The molecule has 36 heavy (non-hydrogen) atoms. The fourth-order valence-electron chi connectivity index (χ4n) is 4.45. The minimum absolute atomic E-state index is 0.0679. The summed E-state index contributed by atoms with van der Waals surface area (Å²) in [4.78, 5) is 23.6. The standard InChI is InChI=1S/C27H31N7O2/c1-27(2,3)36-26(35)34-10-6-9-24(34)18-33-17-23(15-31-33)21-12-28-25(29-13-21)20-8-5-7-19(11-20)22-14-30-32(4)16-22/h5,7-8,11-17,24H,6,9-10,18H2,1-4H3/t24-/m1/s1. The number of likely N-dealkylation sites (tertiary alicyclic amines) is 1. The Kier molecular flexibility index (Phi) is 6.30. The van der Waals surface area contributed by atoms with Gasteiger partial charge >= 0.3 is 6.09 Å². The van der Waals surface area contributed by atoms with Crippen molar-refractivity contribution in [1.82, 2.24) is 34.4 Å². The molecule has 1 atom stereocenters. The van der Waals surface area contributed by atoms with Crippen molar-refractivity contribution in [3.63, 3.8) is 0 Å². The largest absolute Gasteiger partial charge is 0.444 e. The number of nitrogens with zero attached hydrogens (tertiary/aromatic N) is 7. The Morgan fingerprint density at radius 1 is 0.972 bits per heavy atom. The lowest BCUT2D eigenvalue weighted by Crippen LogP contribution is -2.41. The number of hydrogen-bond acceptors (Lipinski definition) is 6. The molecule has 1 saturated heterocycles. The van der Waals surface area contributed by atoms with E-state index in [-0.39, 0.29) is 12.1 Å². The molecular weight excluding hydrogens is 454 g/mol. The lowest BCUT2D eigenvalue weighted by Gasteiger charge is -2.28. The van der Waals surface area contributed by atoms with Crippen LogP contribution in [0.5, 0.6) is 0 Å². The highest BCUT2D eigenvalue weighted by molar-refractivity contribution is 5.70. The van der Waals surface area contributed by atoms with Crippen LogP contribution in [0.15, 0.2) is 61.4 Å². The van der Waals surface area contributed by atoms with Crippen molar-refractivity contribution in [3.05, 3.63) is 61.4 Å². The van der Waals surface area contributed by atoms with E-state index in [1.807, 2.05) is 86.7 Å². The number of aryl methyl sites for hydroxylation is 1. The fraction of sp³-hybridized carbons (Fsp3) is 0.370. The van der Waals surface area contributed by atoms with E-state index in [0.29, 0.717) is 18.9 Å². The molecule has 0 bridgehead atoms. The van der Waals surface area contributed by atoms with E-state index >= 15 is 0 Å². The summed E-state index contributed by atoms with van der Waals surface area (Å²) in [5, 5.41) is 8.78. The van der Waals surface area contributed by atoms with E-state index in [0.717, 1.165) is 40.7 Å². The highest BCUT2D eigenvalue weighted by Crippen LogP contribution is 2.26. The van der Waals surface area contributed by atoms with Crippen LogP contribution in [0, 0.1) is 0 Å². The summed E-state index contributed by atoms with van der Waals surface area (Å²) in [5.41, 5.74) is 4.39. The number of hydrogen-bond donors (Lipinski definition) is 0. The second kappa shape index (κ2) is 9.56. The minimum Gasteiger partial charge on any atom is -0.444 e. The molecule has 0 unspecified atom stereocenters. The maximum Gasteiger partial charge on any atom is 0.410 e. The minimum atomic E-state index is -0.505. The second-order valence-corrected chi connectivity index (χ2v) is 10.2. The van der Waals surface area contributed by atoms with Crippen molar-refractivity contribution in [1.29, 1.82) is 0 Å². The van der Waals surface area contributed by atoms with E-state index < -0.39 is 5.60 Å². The molecule has 0 aliphatic carbocycles. The number of rotatable bonds is 5. The molecule has 5 rings (SSSR count). The predicted molar refractivity (Wildman–Crippen MR) is 137 cm³/mol. The Labute approximate surface area is 210 Å². The third kappa shape index (κ3) is 5.30. The summed E-state index contributed by atoms with van der Waals surface area (Å²) >= 11 is 0. The summed E-state index contributed by atoms with van der Waals surface area (Å²) in [6.45, 7) is 7.01. The molecule has 9 heteroatoms. The van der Waals surface area contributed by atoms with Gasteiger partial charge in [0, 0.05) is 60.6 Å². The van der Waals surface area contributed by atoms with E-state index in [1.54, 1.807) is 4.68 Å². The Morgan fingerprint density at radius 2 is 1.69 bits per heavy atom. The predicted octanol–water partition coefficient (Wildman–Crippen LogP) is 4.81. The summed E-state index contributed by atoms with van der Waals surface area (Å²) in [6.07, 6.45) is 12.9. The van der Waals surface area contributed by atoms with E-state index in [4.69, 9.17) is 4.74 Å². The Bertz CT molecular complexity index is 1350. The summed E-state index contributed by atoms with van der Waals surface area (Å²) in [7, 11) is 1.90. The first-order valence-corrected chi connectivity index (χ1v) is 12.2. The average molecular weight is 486 g/mol. The van der Waals surface area contributed by atoms with Crippen LogP contribution in [0.25, 0.3) is 33.6 Å². The lowest BCUT2D eigenvalue weighted by molar-refractivity contribution is 0.0211. The number of carbonyl (C=O) groups excluding carboxylic acids is 1. The van der Waals surface area contributed by atoms with Gasteiger partial charge in [0.2, 0.25) is 0 Å². The zero-order valence-electron chi connectivity index (χ0n) is 21.1. The van der Waals surface area contributed by atoms with Crippen molar-refractivity contribution >= 4 is 6.09 Å². The quantitative estimate of drug-likeness (QED) is 0.403. The molecule has 186 valence electrons. The third-order valence-corrected chi connectivity index (χ3v) is 6.18. The van der Waals surface area contributed by atoms with Crippen molar-refractivity contribution in [2.75, 3.05) is 6.54 Å². The van der Waals surface area contributed by atoms with E-state index in [9.17, 15) is 4.79 Å². The van der Waals surface area contributed by atoms with Crippen LogP contribution < -0.4 is 0 Å². The molecule has 4 heterocycles. The molecule has 0 spiro atoms. The van der Waals surface area contributed by atoms with Gasteiger partial charge in [-0.05, 0) is 45.2 Å². The van der Waals surface area contributed by atoms with Gasteiger partial charge < -0.3 is 9.64 Å². The van der Waals surface area contributed by atoms with Gasteiger partial charge in [0.15, 0.2) is 5.82 Å². The van der Waals surface area contributed by atoms with Crippen LogP contribution in [-0.2, 0) is 18.3 Å². The Morgan fingerprint density at radius 3 is 2.42 bits per heavy atom. The van der Waals surface area contributed by atoms with Crippen molar-refractivity contribution in [3.8, 4) is 33.6 Å². The van der Waals surface area contributed by atoms with Gasteiger partial charge in [0.05, 0.1) is 25.0 Å². The van der Waals surface area contributed by atoms with E-state index in [1.165, 1.54) is 0 Å². The van der Waals surface area contributed by atoms with Crippen LogP contribution in [-0.4, -0.2) is 58.7 Å². The zero-order valence-corrected chi connectivity index (χ0v) is 21.1. The highest BCUT2D eigenvalue weighted by Gasteiger charge is 2.32. The first-order chi connectivity index (χ1) is 17.2. The molecule has 3 aromatic heterocycles. The third-order valence-electron chi connectivity index (χ3n) is 6.18. The maximum atomic E-state index is 12.6. The van der Waals surface area contributed by atoms with Gasteiger partial charge in [-0.1, -0.05) is 18.2 Å². The van der Waals surface area contributed by atoms with Gasteiger partial charge in [-0.25, -0.2) is 14.8 Å². The van der Waals surface area contributed by atoms with Gasteiger partial charge in [-0.2, -0.15) is 10.2 Å². The molecular formula is C27H31N7O2. The number of ether oxygens (including phenoxy) is 1. The zero-order chi connectivity index (χ0) is 25.3. The SMILES string of the molecule is Cn1cc(-c2cccc(-c3ncc(-c4cnn(C[C@H]5CCCN5C(=O)OC(C)(C)C)c4)cn3)c2)cn1. The van der Waals surface area contributed by atoms with E-state index in [2.05, 4.69) is 32.3 Å². The first kappa shape index (κ1) is 23.7. The normalized spacial score (nSPS) is 15.9. The molecule has 0 radical (unpaired) electrons. The topological polar surface area (TPSA) is 91.0 Å². The van der Waals surface area contributed by atoms with Crippen molar-refractivity contribution in [2.45, 2.75) is 51.8 Å². The summed E-state index contributed by atoms with van der Waals surface area (Å²) < 4.78 is 9.25. The number of aromatic nitrogens is 6. The van der Waals surface area contributed by atoms with Crippen molar-refractivity contribution in [2.24, 2.45) is 7.05 Å². The Hall–Kier alpha value is -4.01.